The van der Waals surface area contributed by atoms with Crippen molar-refractivity contribution in [3.8, 4) is 0 Å². The highest BCUT2D eigenvalue weighted by atomic mass is 32.2. The molecule has 0 aromatic heterocycles. The molecular formula is C13H17FN2O3S. The Kier molecular flexibility index (Phi) is 6.86. The maximum atomic E-state index is 13.3. The fraction of sp³-hybridized carbons (Fsp3) is 0.385. The molecule has 0 heterocycles. The van der Waals surface area contributed by atoms with E-state index in [0.717, 1.165) is 0 Å². The third-order valence-electron chi connectivity index (χ3n) is 2.61. The van der Waals surface area contributed by atoms with Gasteiger partial charge in [0.15, 0.2) is 0 Å². The lowest BCUT2D eigenvalue weighted by atomic mass is 10.2. The van der Waals surface area contributed by atoms with E-state index in [1.165, 1.54) is 17.8 Å². The molecule has 7 heteroatoms. The third kappa shape index (κ3) is 5.48. The van der Waals surface area contributed by atoms with Gasteiger partial charge in [-0.25, -0.2) is 14.0 Å². The predicted octanol–water partition coefficient (Wildman–Crippen LogP) is 1.83. The summed E-state index contributed by atoms with van der Waals surface area (Å²) in [6.45, 7) is 0.00731. The van der Waals surface area contributed by atoms with Crippen molar-refractivity contribution in [2.45, 2.75) is 19.0 Å². The summed E-state index contributed by atoms with van der Waals surface area (Å²) >= 11 is 1.50. The number of benzene rings is 1. The van der Waals surface area contributed by atoms with E-state index in [1.807, 2.05) is 6.26 Å². The third-order valence-corrected chi connectivity index (χ3v) is 3.26. The molecule has 0 fully saturated rings. The summed E-state index contributed by atoms with van der Waals surface area (Å²) < 4.78 is 13.3. The smallest absolute Gasteiger partial charge is 0.326 e. The Morgan fingerprint density at radius 1 is 1.40 bits per heavy atom. The number of nitrogens with one attached hydrogen (secondary N) is 2. The van der Waals surface area contributed by atoms with Crippen LogP contribution in [0.1, 0.15) is 12.0 Å². The number of carboxylic acids is 1. The van der Waals surface area contributed by atoms with Gasteiger partial charge in [0.2, 0.25) is 0 Å². The van der Waals surface area contributed by atoms with Gasteiger partial charge in [0.05, 0.1) is 0 Å². The lowest BCUT2D eigenvalue weighted by molar-refractivity contribution is -0.139. The van der Waals surface area contributed by atoms with Crippen LogP contribution in [0.5, 0.6) is 0 Å². The van der Waals surface area contributed by atoms with Crippen molar-refractivity contribution in [1.29, 1.82) is 0 Å². The van der Waals surface area contributed by atoms with Crippen molar-refractivity contribution >= 4 is 23.8 Å². The van der Waals surface area contributed by atoms with Crippen LogP contribution in [0.15, 0.2) is 24.3 Å². The molecule has 1 aromatic carbocycles. The minimum Gasteiger partial charge on any atom is -0.480 e. The second-order valence-corrected chi connectivity index (χ2v) is 5.08. The van der Waals surface area contributed by atoms with E-state index in [0.29, 0.717) is 17.7 Å². The number of hydrogen-bond acceptors (Lipinski definition) is 3. The lowest BCUT2D eigenvalue weighted by Crippen LogP contribution is -2.46. The first kappa shape index (κ1) is 16.3. The summed E-state index contributed by atoms with van der Waals surface area (Å²) in [5, 5.41) is 13.8. The van der Waals surface area contributed by atoms with E-state index in [4.69, 9.17) is 5.11 Å². The molecule has 110 valence electrons. The highest BCUT2D eigenvalue weighted by Crippen LogP contribution is 2.05. The normalized spacial score (nSPS) is 11.7. The summed E-state index contributed by atoms with van der Waals surface area (Å²) in [4.78, 5) is 22.5. The average Bonchev–Trinajstić information content (AvgIpc) is 2.42. The van der Waals surface area contributed by atoms with Crippen LogP contribution in [-0.2, 0) is 11.3 Å². The van der Waals surface area contributed by atoms with Gasteiger partial charge in [0.1, 0.15) is 11.9 Å². The van der Waals surface area contributed by atoms with Gasteiger partial charge in [-0.15, -0.1) is 0 Å². The summed E-state index contributed by atoms with van der Waals surface area (Å²) in [5.74, 6) is -0.866. The molecule has 0 aliphatic heterocycles. The van der Waals surface area contributed by atoms with Crippen molar-refractivity contribution in [3.05, 3.63) is 35.6 Å². The molecule has 0 saturated heterocycles. The number of hydrogen-bond donors (Lipinski definition) is 3. The molecule has 0 radical (unpaired) electrons. The Bertz CT molecular complexity index is 471. The average molecular weight is 300 g/mol. The Hall–Kier alpha value is -1.76. The van der Waals surface area contributed by atoms with Gasteiger partial charge in [-0.3, -0.25) is 0 Å². The van der Waals surface area contributed by atoms with Crippen molar-refractivity contribution in [2.24, 2.45) is 0 Å². The van der Waals surface area contributed by atoms with E-state index in [-0.39, 0.29) is 6.54 Å². The summed E-state index contributed by atoms with van der Waals surface area (Å²) in [7, 11) is 0. The first-order valence-electron chi connectivity index (χ1n) is 6.04. The summed E-state index contributed by atoms with van der Waals surface area (Å²) in [6, 6.07) is 4.51. The van der Waals surface area contributed by atoms with Crippen molar-refractivity contribution in [3.63, 3.8) is 0 Å². The van der Waals surface area contributed by atoms with Gasteiger partial charge in [-0.2, -0.15) is 11.8 Å². The first-order valence-corrected chi connectivity index (χ1v) is 7.43. The van der Waals surface area contributed by atoms with E-state index in [1.54, 1.807) is 18.2 Å². The first-order chi connectivity index (χ1) is 9.54. The Labute approximate surface area is 120 Å². The van der Waals surface area contributed by atoms with E-state index in [2.05, 4.69) is 10.6 Å². The number of urea groups is 1. The topological polar surface area (TPSA) is 78.4 Å². The van der Waals surface area contributed by atoms with E-state index >= 15 is 0 Å². The van der Waals surface area contributed by atoms with Crippen molar-refractivity contribution in [2.75, 3.05) is 12.0 Å². The van der Waals surface area contributed by atoms with Crippen LogP contribution in [-0.4, -0.2) is 35.2 Å². The van der Waals surface area contributed by atoms with Crippen LogP contribution >= 0.6 is 11.8 Å². The second-order valence-electron chi connectivity index (χ2n) is 4.09. The predicted molar refractivity (Wildman–Crippen MR) is 76.2 cm³/mol. The van der Waals surface area contributed by atoms with Crippen molar-refractivity contribution in [1.82, 2.24) is 10.6 Å². The van der Waals surface area contributed by atoms with Crippen molar-refractivity contribution < 1.29 is 19.1 Å². The Morgan fingerprint density at radius 3 is 2.70 bits per heavy atom. The monoisotopic (exact) mass is 300 g/mol. The molecule has 5 nitrogen and oxygen atoms in total. The van der Waals surface area contributed by atoms with Gasteiger partial charge < -0.3 is 15.7 Å². The molecular weight excluding hydrogens is 283 g/mol. The van der Waals surface area contributed by atoms with Crippen LogP contribution in [0.4, 0.5) is 9.18 Å². The highest BCUT2D eigenvalue weighted by Gasteiger charge is 2.19. The fourth-order valence-corrected chi connectivity index (χ4v) is 1.99. The van der Waals surface area contributed by atoms with Crippen LogP contribution in [0.25, 0.3) is 0 Å². The number of aliphatic carboxylic acids is 1. The Balaban J connectivity index is 2.46. The zero-order chi connectivity index (χ0) is 15.0. The Morgan fingerprint density at radius 2 is 2.10 bits per heavy atom. The molecule has 1 atom stereocenters. The van der Waals surface area contributed by atoms with Gasteiger partial charge in [-0.05, 0) is 24.5 Å². The van der Waals surface area contributed by atoms with E-state index in [9.17, 15) is 14.0 Å². The van der Waals surface area contributed by atoms with Gasteiger partial charge in [0.25, 0.3) is 0 Å². The molecule has 1 rings (SSSR count). The fourth-order valence-electron chi connectivity index (χ4n) is 1.52. The van der Waals surface area contributed by atoms with Crippen LogP contribution in [0.3, 0.4) is 0 Å². The quantitative estimate of drug-likeness (QED) is 0.718. The minimum absolute atomic E-state index is 0.00731. The summed E-state index contributed by atoms with van der Waals surface area (Å²) in [6.07, 6.45) is 2.20. The number of carbonyl (C=O) groups is 2. The molecule has 0 aliphatic rings. The summed E-state index contributed by atoms with van der Waals surface area (Å²) in [5.41, 5.74) is 0.346. The molecule has 0 aliphatic carbocycles. The standard InChI is InChI=1S/C13H17FN2O3S/c1-20-7-6-11(12(17)18)16-13(19)15-8-9-4-2-3-5-10(9)14/h2-5,11H,6-8H2,1H3,(H,17,18)(H2,15,16,19)/t11-/m1/s1. The number of carbonyl (C=O) groups excluding carboxylic acids is 1. The van der Waals surface area contributed by atoms with Gasteiger partial charge in [-0.1, -0.05) is 18.2 Å². The number of halogens is 1. The molecule has 20 heavy (non-hydrogen) atoms. The van der Waals surface area contributed by atoms with Crippen LogP contribution in [0.2, 0.25) is 0 Å². The molecule has 0 spiro atoms. The second kappa shape index (κ2) is 8.42. The maximum absolute atomic E-state index is 13.3. The zero-order valence-electron chi connectivity index (χ0n) is 11.1. The van der Waals surface area contributed by atoms with Gasteiger partial charge in [0, 0.05) is 12.1 Å². The largest absolute Gasteiger partial charge is 0.480 e. The maximum Gasteiger partial charge on any atom is 0.326 e. The molecule has 1 aromatic rings. The lowest BCUT2D eigenvalue weighted by Gasteiger charge is -2.14. The number of carboxylic acid groups (broad SMARTS) is 1. The SMILES string of the molecule is CSCC[C@@H](NC(=O)NCc1ccccc1F)C(=O)O. The van der Waals surface area contributed by atoms with Crippen LogP contribution in [0, 0.1) is 5.82 Å². The number of amides is 2. The molecule has 0 saturated carbocycles. The molecule has 3 N–H and O–H groups in total. The number of thioether (sulfide) groups is 1. The molecule has 2 amide bonds. The number of rotatable bonds is 7. The molecule has 0 unspecified atom stereocenters. The van der Waals surface area contributed by atoms with Gasteiger partial charge >= 0.3 is 12.0 Å². The minimum atomic E-state index is -1.08. The zero-order valence-corrected chi connectivity index (χ0v) is 11.9. The van der Waals surface area contributed by atoms with E-state index < -0.39 is 23.9 Å². The molecule has 0 bridgehead atoms. The van der Waals surface area contributed by atoms with Crippen LogP contribution < -0.4 is 10.6 Å². The highest BCUT2D eigenvalue weighted by molar-refractivity contribution is 7.98.